The monoisotopic (exact) mass is 353 g/mol. The fraction of sp³-hybridized carbons (Fsp3) is 0.471. The molecular weight excluding hydrogens is 330 g/mol. The Morgan fingerprint density at radius 2 is 2.13 bits per heavy atom. The third kappa shape index (κ3) is 4.91. The van der Waals surface area contributed by atoms with Crippen molar-refractivity contribution in [1.29, 1.82) is 0 Å². The Hall–Kier alpha value is -1.14. The third-order valence-corrected chi connectivity index (χ3v) is 5.09. The van der Waals surface area contributed by atoms with Gasteiger partial charge in [-0.15, -0.1) is 23.7 Å². The second kappa shape index (κ2) is 8.11. The molecule has 0 aliphatic carbocycles. The molecule has 0 saturated carbocycles. The van der Waals surface area contributed by atoms with Crippen molar-refractivity contribution >= 4 is 23.7 Å². The lowest BCUT2D eigenvalue weighted by molar-refractivity contribution is 0.271. The fourth-order valence-corrected chi connectivity index (χ4v) is 3.50. The minimum atomic E-state index is 0. The number of nitrogens with zero attached hydrogens (tertiary/aromatic N) is 2. The number of aromatic nitrogens is 1. The van der Waals surface area contributed by atoms with E-state index in [1.807, 2.05) is 30.3 Å². The van der Waals surface area contributed by atoms with Crippen molar-refractivity contribution in [2.24, 2.45) is 11.1 Å². The van der Waals surface area contributed by atoms with Gasteiger partial charge in [0.25, 0.3) is 0 Å². The standard InChI is InChI=1S/C17H23N3OS.ClH/c1-17(12-18)7-8-20(13-17)9-14-11-22-16(19-14)10-21-15-5-3-2-4-6-15;/h2-6,11H,7-10,12-13,18H2,1H3;1H. The summed E-state index contributed by atoms with van der Waals surface area (Å²) in [5, 5.41) is 3.17. The molecule has 1 aliphatic rings. The lowest BCUT2D eigenvalue weighted by Crippen LogP contribution is -2.31. The SMILES string of the molecule is CC1(CN)CCN(Cc2csc(COc3ccccc3)n2)C1.Cl. The highest BCUT2D eigenvalue weighted by Gasteiger charge is 2.32. The largest absolute Gasteiger partial charge is 0.486 e. The van der Waals surface area contributed by atoms with Gasteiger partial charge in [-0.3, -0.25) is 4.90 Å². The molecule has 4 nitrogen and oxygen atoms in total. The highest BCUT2D eigenvalue weighted by atomic mass is 35.5. The van der Waals surface area contributed by atoms with E-state index < -0.39 is 0 Å². The molecule has 23 heavy (non-hydrogen) atoms. The first-order chi connectivity index (χ1) is 10.7. The van der Waals surface area contributed by atoms with Crippen LogP contribution < -0.4 is 10.5 Å². The van der Waals surface area contributed by atoms with Crippen LogP contribution in [0.4, 0.5) is 0 Å². The first kappa shape index (κ1) is 18.2. The number of hydrogen-bond donors (Lipinski definition) is 1. The van der Waals surface area contributed by atoms with E-state index in [1.165, 1.54) is 6.42 Å². The van der Waals surface area contributed by atoms with Crippen LogP contribution in [0.2, 0.25) is 0 Å². The van der Waals surface area contributed by atoms with Crippen molar-refractivity contribution in [3.05, 3.63) is 46.4 Å². The Morgan fingerprint density at radius 3 is 2.83 bits per heavy atom. The second-order valence-corrected chi connectivity index (χ2v) is 7.25. The summed E-state index contributed by atoms with van der Waals surface area (Å²) in [6.45, 7) is 6.66. The van der Waals surface area contributed by atoms with E-state index in [-0.39, 0.29) is 17.8 Å². The van der Waals surface area contributed by atoms with Crippen LogP contribution in [-0.4, -0.2) is 29.5 Å². The van der Waals surface area contributed by atoms with Gasteiger partial charge in [0.05, 0.1) is 5.69 Å². The maximum atomic E-state index is 5.87. The smallest absolute Gasteiger partial charge is 0.140 e. The van der Waals surface area contributed by atoms with Crippen LogP contribution in [-0.2, 0) is 13.2 Å². The van der Waals surface area contributed by atoms with Gasteiger partial charge in [0.1, 0.15) is 17.4 Å². The van der Waals surface area contributed by atoms with Crippen LogP contribution in [0.3, 0.4) is 0 Å². The van der Waals surface area contributed by atoms with Crippen molar-refractivity contribution in [2.45, 2.75) is 26.5 Å². The Labute approximate surface area is 148 Å². The molecule has 0 amide bonds. The van der Waals surface area contributed by atoms with Crippen molar-refractivity contribution in [3.63, 3.8) is 0 Å². The minimum absolute atomic E-state index is 0. The molecule has 2 N–H and O–H groups in total. The zero-order chi connectivity index (χ0) is 15.4. The molecule has 2 heterocycles. The molecule has 1 aromatic heterocycles. The Bertz CT molecular complexity index is 607. The summed E-state index contributed by atoms with van der Waals surface area (Å²) in [5.74, 6) is 0.887. The van der Waals surface area contributed by atoms with E-state index in [0.717, 1.165) is 42.6 Å². The average molecular weight is 354 g/mol. The molecule has 1 atom stereocenters. The van der Waals surface area contributed by atoms with Gasteiger partial charge in [-0.2, -0.15) is 0 Å². The second-order valence-electron chi connectivity index (χ2n) is 6.31. The molecule has 126 valence electrons. The number of ether oxygens (including phenoxy) is 1. The summed E-state index contributed by atoms with van der Waals surface area (Å²) >= 11 is 1.67. The minimum Gasteiger partial charge on any atom is -0.486 e. The van der Waals surface area contributed by atoms with E-state index in [9.17, 15) is 0 Å². The van der Waals surface area contributed by atoms with Gasteiger partial charge >= 0.3 is 0 Å². The zero-order valence-corrected chi connectivity index (χ0v) is 15.0. The Morgan fingerprint density at radius 1 is 1.35 bits per heavy atom. The number of rotatable bonds is 6. The van der Waals surface area contributed by atoms with Crippen LogP contribution in [0.5, 0.6) is 5.75 Å². The molecule has 0 spiro atoms. The van der Waals surface area contributed by atoms with E-state index in [0.29, 0.717) is 6.61 Å². The summed E-state index contributed by atoms with van der Waals surface area (Å²) in [5.41, 5.74) is 7.28. The van der Waals surface area contributed by atoms with Gasteiger partial charge in [0.15, 0.2) is 0 Å². The summed E-state index contributed by atoms with van der Waals surface area (Å²) in [7, 11) is 0. The molecule has 1 fully saturated rings. The first-order valence-corrected chi connectivity index (χ1v) is 8.58. The number of halogens is 1. The highest BCUT2D eigenvalue weighted by Crippen LogP contribution is 2.29. The molecule has 0 radical (unpaired) electrons. The normalized spacial score (nSPS) is 21.1. The summed E-state index contributed by atoms with van der Waals surface area (Å²) in [4.78, 5) is 7.13. The third-order valence-electron chi connectivity index (χ3n) is 4.22. The van der Waals surface area contributed by atoms with Crippen LogP contribution in [0.1, 0.15) is 24.0 Å². The van der Waals surface area contributed by atoms with E-state index in [4.69, 9.17) is 10.5 Å². The fourth-order valence-electron chi connectivity index (χ4n) is 2.81. The maximum absolute atomic E-state index is 5.87. The van der Waals surface area contributed by atoms with Crippen LogP contribution >= 0.6 is 23.7 Å². The summed E-state index contributed by atoms with van der Waals surface area (Å²) < 4.78 is 5.74. The molecule has 1 unspecified atom stereocenters. The number of para-hydroxylation sites is 1. The average Bonchev–Trinajstić information content (AvgIpc) is 3.14. The van der Waals surface area contributed by atoms with Crippen molar-refractivity contribution < 1.29 is 4.74 Å². The molecule has 1 aromatic carbocycles. The molecule has 3 rings (SSSR count). The number of likely N-dealkylation sites (tertiary alicyclic amines) is 1. The van der Waals surface area contributed by atoms with Gasteiger partial charge in [-0.05, 0) is 37.1 Å². The predicted octanol–water partition coefficient (Wildman–Crippen LogP) is 3.31. The van der Waals surface area contributed by atoms with E-state index >= 15 is 0 Å². The zero-order valence-electron chi connectivity index (χ0n) is 13.4. The lowest BCUT2D eigenvalue weighted by atomic mass is 9.90. The van der Waals surface area contributed by atoms with Crippen molar-refractivity contribution in [1.82, 2.24) is 9.88 Å². The topological polar surface area (TPSA) is 51.4 Å². The molecular formula is C17H24ClN3OS. The quantitative estimate of drug-likeness (QED) is 0.865. The van der Waals surface area contributed by atoms with Gasteiger partial charge in [-0.25, -0.2) is 4.98 Å². The summed E-state index contributed by atoms with van der Waals surface area (Å²) in [6.07, 6.45) is 1.18. The lowest BCUT2D eigenvalue weighted by Gasteiger charge is -2.22. The molecule has 1 aliphatic heterocycles. The molecule has 1 saturated heterocycles. The van der Waals surface area contributed by atoms with Crippen LogP contribution in [0.15, 0.2) is 35.7 Å². The number of benzene rings is 1. The molecule has 2 aromatic rings. The number of thiazole rings is 1. The van der Waals surface area contributed by atoms with E-state index in [2.05, 4.69) is 22.2 Å². The van der Waals surface area contributed by atoms with E-state index in [1.54, 1.807) is 11.3 Å². The van der Waals surface area contributed by atoms with Crippen LogP contribution in [0.25, 0.3) is 0 Å². The highest BCUT2D eigenvalue weighted by molar-refractivity contribution is 7.09. The van der Waals surface area contributed by atoms with Crippen LogP contribution in [0, 0.1) is 5.41 Å². The molecule has 0 bridgehead atoms. The number of nitrogens with two attached hydrogens (primary N) is 1. The Balaban J connectivity index is 0.00000192. The summed E-state index contributed by atoms with van der Waals surface area (Å²) in [6, 6.07) is 9.87. The molecule has 6 heteroatoms. The van der Waals surface area contributed by atoms with Gasteiger partial charge in [0, 0.05) is 18.5 Å². The van der Waals surface area contributed by atoms with Gasteiger partial charge < -0.3 is 10.5 Å². The maximum Gasteiger partial charge on any atom is 0.140 e. The number of hydrogen-bond acceptors (Lipinski definition) is 5. The first-order valence-electron chi connectivity index (χ1n) is 7.70. The predicted molar refractivity (Wildman–Crippen MR) is 97.2 cm³/mol. The van der Waals surface area contributed by atoms with Crippen molar-refractivity contribution in [2.75, 3.05) is 19.6 Å². The Kier molecular flexibility index (Phi) is 6.41. The van der Waals surface area contributed by atoms with Crippen molar-refractivity contribution in [3.8, 4) is 5.75 Å². The van der Waals surface area contributed by atoms with Gasteiger partial charge in [-0.1, -0.05) is 25.1 Å². The van der Waals surface area contributed by atoms with Gasteiger partial charge in [0.2, 0.25) is 0 Å².